The quantitative estimate of drug-likeness (QED) is 0.601. The number of carbonyl (C=O) groups is 1. The van der Waals surface area contributed by atoms with E-state index in [-0.39, 0.29) is 11.3 Å². The largest absolute Gasteiger partial charge is 0.294 e. The van der Waals surface area contributed by atoms with Crippen molar-refractivity contribution in [3.63, 3.8) is 0 Å². The van der Waals surface area contributed by atoms with E-state index in [1.807, 2.05) is 22.6 Å². The van der Waals surface area contributed by atoms with Gasteiger partial charge < -0.3 is 0 Å². The summed E-state index contributed by atoms with van der Waals surface area (Å²) >= 11 is 1.90. The van der Waals surface area contributed by atoms with Crippen LogP contribution in [0.4, 0.5) is 8.78 Å². The number of carbonyl (C=O) groups excluding carboxylic acids is 1. The molecule has 0 aliphatic rings. The van der Waals surface area contributed by atoms with E-state index >= 15 is 0 Å². The summed E-state index contributed by atoms with van der Waals surface area (Å²) in [6, 6.07) is 2.89. The summed E-state index contributed by atoms with van der Waals surface area (Å²) < 4.78 is 25.5. The van der Waals surface area contributed by atoms with Crippen LogP contribution in [0.1, 0.15) is 34.8 Å². The lowest BCUT2D eigenvalue weighted by atomic mass is 10.0. The normalized spacial score (nSPS) is 10.7. The fraction of sp³-hybridized carbons (Fsp3) is 0.300. The molecule has 14 heavy (non-hydrogen) atoms. The number of hydrogen-bond acceptors (Lipinski definition) is 1. The van der Waals surface area contributed by atoms with E-state index in [9.17, 15) is 13.6 Å². The third-order valence-corrected chi connectivity index (χ3v) is 2.86. The van der Waals surface area contributed by atoms with Gasteiger partial charge in [0.25, 0.3) is 6.43 Å². The highest BCUT2D eigenvalue weighted by Gasteiger charge is 2.14. The summed E-state index contributed by atoms with van der Waals surface area (Å²) in [6.45, 7) is 3.02. The second-order valence-corrected chi connectivity index (χ2v) is 4.21. The first-order valence-corrected chi connectivity index (χ1v) is 5.10. The summed E-state index contributed by atoms with van der Waals surface area (Å²) in [6.07, 6.45) is -2.48. The molecule has 1 aromatic carbocycles. The lowest BCUT2D eigenvalue weighted by Crippen LogP contribution is -2.00. The Morgan fingerprint density at radius 2 is 2.00 bits per heavy atom. The smallest absolute Gasteiger partial charge is 0.264 e. The van der Waals surface area contributed by atoms with Gasteiger partial charge in [0, 0.05) is 14.7 Å². The van der Waals surface area contributed by atoms with Crippen LogP contribution in [-0.2, 0) is 0 Å². The second-order valence-electron chi connectivity index (χ2n) is 3.05. The minimum absolute atomic E-state index is 0.000556. The van der Waals surface area contributed by atoms with Crippen molar-refractivity contribution in [3.05, 3.63) is 32.4 Å². The minimum atomic E-state index is -2.48. The van der Waals surface area contributed by atoms with E-state index in [2.05, 4.69) is 0 Å². The first-order valence-electron chi connectivity index (χ1n) is 4.02. The van der Waals surface area contributed by atoms with Gasteiger partial charge in [-0.05, 0) is 54.1 Å². The number of ketones is 1. The van der Waals surface area contributed by atoms with Gasteiger partial charge in [-0.25, -0.2) is 8.78 Å². The maximum Gasteiger partial charge on any atom is 0.264 e. The van der Waals surface area contributed by atoms with Crippen LogP contribution in [-0.4, -0.2) is 5.78 Å². The molecule has 4 heteroatoms. The molecule has 0 aliphatic heterocycles. The third kappa shape index (κ3) is 2.29. The molecule has 0 aromatic heterocycles. The first-order chi connectivity index (χ1) is 6.43. The standard InChI is InChI=1S/C10H9F2IO/c1-5-3-8(6(2)14)9(13)4-7(5)10(11)12/h3-4,10H,1-2H3. The molecule has 0 bridgehead atoms. The third-order valence-electron chi connectivity index (χ3n) is 1.97. The molecule has 0 heterocycles. The fourth-order valence-corrected chi connectivity index (χ4v) is 2.07. The molecule has 0 N–H and O–H groups in total. The van der Waals surface area contributed by atoms with Crippen LogP contribution in [0.5, 0.6) is 0 Å². The zero-order chi connectivity index (χ0) is 10.9. The maximum absolute atomic E-state index is 12.5. The zero-order valence-corrected chi connectivity index (χ0v) is 9.93. The van der Waals surface area contributed by atoms with Crippen molar-refractivity contribution in [1.82, 2.24) is 0 Å². The van der Waals surface area contributed by atoms with Gasteiger partial charge in [0.1, 0.15) is 0 Å². The van der Waals surface area contributed by atoms with Crippen LogP contribution in [0, 0.1) is 10.5 Å². The molecule has 0 saturated carbocycles. The van der Waals surface area contributed by atoms with Crippen molar-refractivity contribution in [2.75, 3.05) is 0 Å². The van der Waals surface area contributed by atoms with Crippen molar-refractivity contribution in [2.24, 2.45) is 0 Å². The van der Waals surface area contributed by atoms with Crippen molar-refractivity contribution >= 4 is 28.4 Å². The Kier molecular flexibility index (Phi) is 3.58. The molecular formula is C10H9F2IO. The fourth-order valence-electron chi connectivity index (χ4n) is 1.20. The lowest BCUT2D eigenvalue weighted by Gasteiger charge is -2.08. The summed E-state index contributed by atoms with van der Waals surface area (Å²) in [5.41, 5.74) is 0.970. The maximum atomic E-state index is 12.5. The van der Waals surface area contributed by atoms with Crippen molar-refractivity contribution in [1.29, 1.82) is 0 Å². The predicted octanol–water partition coefficient (Wildman–Crippen LogP) is 3.74. The van der Waals surface area contributed by atoms with Crippen LogP contribution in [0.25, 0.3) is 0 Å². The van der Waals surface area contributed by atoms with Gasteiger partial charge in [-0.2, -0.15) is 0 Å². The number of Topliss-reactive ketones (excluding diaryl/α,β-unsaturated/α-hetero) is 1. The molecule has 1 rings (SSSR count). The molecular weight excluding hydrogens is 301 g/mol. The van der Waals surface area contributed by atoms with Gasteiger partial charge >= 0.3 is 0 Å². The van der Waals surface area contributed by atoms with Gasteiger partial charge in [0.05, 0.1) is 0 Å². The lowest BCUT2D eigenvalue weighted by molar-refractivity contribution is 0.101. The number of alkyl halides is 2. The van der Waals surface area contributed by atoms with Crippen molar-refractivity contribution in [3.8, 4) is 0 Å². The average molecular weight is 310 g/mol. The number of halogens is 3. The zero-order valence-electron chi connectivity index (χ0n) is 7.77. The minimum Gasteiger partial charge on any atom is -0.294 e. The second kappa shape index (κ2) is 4.33. The summed E-state index contributed by atoms with van der Waals surface area (Å²) in [5.74, 6) is -0.0988. The average Bonchev–Trinajstić information content (AvgIpc) is 2.07. The van der Waals surface area contributed by atoms with Crippen molar-refractivity contribution in [2.45, 2.75) is 20.3 Å². The highest BCUT2D eigenvalue weighted by Crippen LogP contribution is 2.26. The van der Waals surface area contributed by atoms with Crippen LogP contribution >= 0.6 is 22.6 Å². The molecule has 0 saturated heterocycles. The van der Waals surface area contributed by atoms with E-state index < -0.39 is 6.43 Å². The van der Waals surface area contributed by atoms with Crippen LogP contribution in [0.3, 0.4) is 0 Å². The Morgan fingerprint density at radius 3 is 2.43 bits per heavy atom. The van der Waals surface area contributed by atoms with Gasteiger partial charge in [0.15, 0.2) is 5.78 Å². The number of hydrogen-bond donors (Lipinski definition) is 0. The Labute approximate surface area is 94.6 Å². The van der Waals surface area contributed by atoms with E-state index in [0.717, 1.165) is 0 Å². The molecule has 1 aromatic rings. The predicted molar refractivity (Wildman–Crippen MR) is 58.9 cm³/mol. The molecule has 0 atom stereocenters. The Hall–Kier alpha value is -0.520. The molecule has 0 aliphatic carbocycles. The van der Waals surface area contributed by atoms with E-state index in [0.29, 0.717) is 14.7 Å². The number of rotatable bonds is 2. The van der Waals surface area contributed by atoms with Gasteiger partial charge in [0.2, 0.25) is 0 Å². The summed E-state index contributed by atoms with van der Waals surface area (Å²) in [4.78, 5) is 11.1. The first kappa shape index (κ1) is 11.6. The monoisotopic (exact) mass is 310 g/mol. The van der Waals surface area contributed by atoms with Gasteiger partial charge in [-0.3, -0.25) is 4.79 Å². The highest BCUT2D eigenvalue weighted by molar-refractivity contribution is 14.1. The summed E-state index contributed by atoms with van der Waals surface area (Å²) in [5, 5.41) is 0. The Balaban J connectivity index is 3.31. The van der Waals surface area contributed by atoms with Crippen LogP contribution < -0.4 is 0 Å². The van der Waals surface area contributed by atoms with Gasteiger partial charge in [-0.1, -0.05) is 0 Å². The molecule has 0 spiro atoms. The molecule has 76 valence electrons. The van der Waals surface area contributed by atoms with Gasteiger partial charge in [-0.15, -0.1) is 0 Å². The van der Waals surface area contributed by atoms with E-state index in [1.54, 1.807) is 6.92 Å². The Bertz CT molecular complexity index is 375. The number of benzene rings is 1. The summed E-state index contributed by atoms with van der Waals surface area (Å²) in [7, 11) is 0. The Morgan fingerprint density at radius 1 is 1.43 bits per heavy atom. The molecule has 0 unspecified atom stereocenters. The molecule has 0 fully saturated rings. The van der Waals surface area contributed by atoms with Crippen molar-refractivity contribution < 1.29 is 13.6 Å². The van der Waals surface area contributed by atoms with Crippen LogP contribution in [0.15, 0.2) is 12.1 Å². The molecule has 0 amide bonds. The molecule has 1 nitrogen and oxygen atoms in total. The van der Waals surface area contributed by atoms with E-state index in [1.165, 1.54) is 19.1 Å². The van der Waals surface area contributed by atoms with Crippen LogP contribution in [0.2, 0.25) is 0 Å². The number of aryl methyl sites for hydroxylation is 1. The topological polar surface area (TPSA) is 17.1 Å². The van der Waals surface area contributed by atoms with E-state index in [4.69, 9.17) is 0 Å². The SMILES string of the molecule is CC(=O)c1cc(C)c(C(F)F)cc1I. The molecule has 0 radical (unpaired) electrons. The highest BCUT2D eigenvalue weighted by atomic mass is 127.